The molecule has 0 saturated carbocycles. The second-order valence-electron chi connectivity index (χ2n) is 6.48. The van der Waals surface area contributed by atoms with Crippen molar-refractivity contribution < 1.29 is 4.79 Å². The predicted octanol–water partition coefficient (Wildman–Crippen LogP) is 0.332. The summed E-state index contributed by atoms with van der Waals surface area (Å²) in [5.74, 6) is 1.29. The van der Waals surface area contributed by atoms with Gasteiger partial charge in [0.15, 0.2) is 0 Å². The molecule has 5 heteroatoms. The first-order valence-electron chi connectivity index (χ1n) is 7.67. The Bertz CT molecular complexity index is 329. The van der Waals surface area contributed by atoms with Gasteiger partial charge in [-0.25, -0.2) is 4.79 Å². The molecular formula is C14H26N4O. The van der Waals surface area contributed by atoms with Crippen LogP contribution in [0.4, 0.5) is 4.79 Å². The highest BCUT2D eigenvalue weighted by molar-refractivity contribution is 5.77. The molecule has 2 amide bonds. The molecule has 0 aromatic carbocycles. The van der Waals surface area contributed by atoms with Crippen LogP contribution in [0, 0.1) is 11.8 Å². The molecule has 0 spiro atoms. The summed E-state index contributed by atoms with van der Waals surface area (Å²) in [6.45, 7) is 6.35. The van der Waals surface area contributed by atoms with Crippen molar-refractivity contribution in [3.05, 3.63) is 0 Å². The van der Waals surface area contributed by atoms with Crippen molar-refractivity contribution in [2.24, 2.45) is 11.8 Å². The molecule has 19 heavy (non-hydrogen) atoms. The lowest BCUT2D eigenvalue weighted by molar-refractivity contribution is 0.201. The number of hydrogen-bond acceptors (Lipinski definition) is 3. The number of likely N-dealkylation sites (tertiary alicyclic amines) is 1. The van der Waals surface area contributed by atoms with Gasteiger partial charge in [-0.3, -0.25) is 0 Å². The van der Waals surface area contributed by atoms with Crippen molar-refractivity contribution in [2.45, 2.75) is 25.3 Å². The van der Waals surface area contributed by atoms with Crippen LogP contribution >= 0.6 is 0 Å². The quantitative estimate of drug-likeness (QED) is 0.774. The van der Waals surface area contributed by atoms with E-state index in [4.69, 9.17) is 0 Å². The van der Waals surface area contributed by atoms with Crippen molar-refractivity contribution in [1.82, 2.24) is 20.4 Å². The Morgan fingerprint density at radius 2 is 2.21 bits per heavy atom. The molecule has 3 atom stereocenters. The first-order valence-corrected chi connectivity index (χ1v) is 7.67. The summed E-state index contributed by atoms with van der Waals surface area (Å²) in [6, 6.07) is 0.527. The van der Waals surface area contributed by atoms with E-state index in [0.29, 0.717) is 17.9 Å². The minimum Gasteiger partial charge on any atom is -0.333 e. The van der Waals surface area contributed by atoms with Gasteiger partial charge in [0.2, 0.25) is 0 Å². The summed E-state index contributed by atoms with van der Waals surface area (Å²) in [5, 5.41) is 6.63. The van der Waals surface area contributed by atoms with Gasteiger partial charge >= 0.3 is 6.03 Å². The maximum absolute atomic E-state index is 12.1. The van der Waals surface area contributed by atoms with Crippen LogP contribution in [0.1, 0.15) is 19.3 Å². The molecule has 3 heterocycles. The van der Waals surface area contributed by atoms with E-state index in [1.54, 1.807) is 0 Å². The number of carbonyl (C=O) groups excluding carboxylic acids is 1. The Balaban J connectivity index is 1.51. The fourth-order valence-electron chi connectivity index (χ4n) is 3.73. The van der Waals surface area contributed by atoms with E-state index >= 15 is 0 Å². The van der Waals surface area contributed by atoms with E-state index in [9.17, 15) is 4.79 Å². The first kappa shape index (κ1) is 13.2. The maximum atomic E-state index is 12.1. The van der Waals surface area contributed by atoms with Crippen molar-refractivity contribution in [2.75, 3.05) is 46.3 Å². The molecule has 0 bridgehead atoms. The highest BCUT2D eigenvalue weighted by atomic mass is 16.2. The predicted molar refractivity (Wildman–Crippen MR) is 75.1 cm³/mol. The third-order valence-electron chi connectivity index (χ3n) is 4.89. The van der Waals surface area contributed by atoms with Gasteiger partial charge in [-0.1, -0.05) is 0 Å². The molecule has 3 saturated heterocycles. The topological polar surface area (TPSA) is 47.6 Å². The van der Waals surface area contributed by atoms with Gasteiger partial charge in [-0.15, -0.1) is 0 Å². The number of urea groups is 1. The minimum atomic E-state index is 0.158. The fraction of sp³-hybridized carbons (Fsp3) is 0.929. The van der Waals surface area contributed by atoms with Crippen LogP contribution in [0.2, 0.25) is 0 Å². The van der Waals surface area contributed by atoms with E-state index in [-0.39, 0.29) is 6.03 Å². The number of hydrogen-bond donors (Lipinski definition) is 2. The van der Waals surface area contributed by atoms with Crippen molar-refractivity contribution >= 4 is 6.03 Å². The number of carbonyl (C=O) groups is 1. The summed E-state index contributed by atoms with van der Waals surface area (Å²) >= 11 is 0. The van der Waals surface area contributed by atoms with Gasteiger partial charge in [-0.2, -0.15) is 0 Å². The SMILES string of the molecule is CN1CCC(C2CN(CC3CCCNC3)C(=O)N2)C1. The smallest absolute Gasteiger partial charge is 0.317 e. The molecule has 3 unspecified atom stereocenters. The van der Waals surface area contributed by atoms with Gasteiger partial charge < -0.3 is 20.4 Å². The van der Waals surface area contributed by atoms with Crippen LogP contribution in [-0.2, 0) is 0 Å². The molecule has 0 aromatic heterocycles. The zero-order valence-electron chi connectivity index (χ0n) is 11.9. The molecule has 3 rings (SSSR count). The zero-order chi connectivity index (χ0) is 13.2. The molecule has 5 nitrogen and oxygen atoms in total. The highest BCUT2D eigenvalue weighted by Gasteiger charge is 2.37. The van der Waals surface area contributed by atoms with E-state index in [1.807, 2.05) is 4.90 Å². The molecule has 0 aliphatic carbocycles. The second-order valence-corrected chi connectivity index (χ2v) is 6.48. The lowest BCUT2D eigenvalue weighted by atomic mass is 9.98. The number of rotatable bonds is 3. The Hall–Kier alpha value is -0.810. The van der Waals surface area contributed by atoms with Crippen molar-refractivity contribution in [3.63, 3.8) is 0 Å². The first-order chi connectivity index (χ1) is 9.22. The maximum Gasteiger partial charge on any atom is 0.317 e. The van der Waals surface area contributed by atoms with Crippen LogP contribution in [0.15, 0.2) is 0 Å². The third-order valence-corrected chi connectivity index (χ3v) is 4.89. The molecule has 0 radical (unpaired) electrons. The number of nitrogens with zero attached hydrogens (tertiary/aromatic N) is 2. The van der Waals surface area contributed by atoms with Crippen LogP contribution in [0.3, 0.4) is 0 Å². The van der Waals surface area contributed by atoms with Crippen LogP contribution in [0.25, 0.3) is 0 Å². The van der Waals surface area contributed by atoms with Crippen molar-refractivity contribution in [3.8, 4) is 0 Å². The van der Waals surface area contributed by atoms with Crippen molar-refractivity contribution in [1.29, 1.82) is 0 Å². The lowest BCUT2D eigenvalue weighted by Gasteiger charge is -2.27. The van der Waals surface area contributed by atoms with Gasteiger partial charge in [0.1, 0.15) is 0 Å². The summed E-state index contributed by atoms with van der Waals surface area (Å²) in [6.07, 6.45) is 3.73. The number of nitrogens with one attached hydrogen (secondary N) is 2. The summed E-state index contributed by atoms with van der Waals surface area (Å²) in [4.78, 5) is 16.5. The molecule has 2 N–H and O–H groups in total. The summed E-state index contributed by atoms with van der Waals surface area (Å²) < 4.78 is 0. The van der Waals surface area contributed by atoms with Crippen LogP contribution in [0.5, 0.6) is 0 Å². The fourth-order valence-corrected chi connectivity index (χ4v) is 3.73. The molecule has 108 valence electrons. The largest absolute Gasteiger partial charge is 0.333 e. The van der Waals surface area contributed by atoms with Gasteiger partial charge in [0.25, 0.3) is 0 Å². The van der Waals surface area contributed by atoms with Gasteiger partial charge in [0.05, 0.1) is 6.04 Å². The number of amides is 2. The lowest BCUT2D eigenvalue weighted by Crippen LogP contribution is -2.39. The Morgan fingerprint density at radius 1 is 1.32 bits per heavy atom. The van der Waals surface area contributed by atoms with Crippen LogP contribution < -0.4 is 10.6 Å². The molecular weight excluding hydrogens is 240 g/mol. The monoisotopic (exact) mass is 266 g/mol. The average Bonchev–Trinajstić information content (AvgIpc) is 2.98. The molecule has 0 aromatic rings. The zero-order valence-corrected chi connectivity index (χ0v) is 11.9. The molecule has 3 fully saturated rings. The standard InChI is InChI=1S/C14H26N4O/c1-17-6-4-12(9-17)13-10-18(14(19)16-13)8-11-3-2-5-15-7-11/h11-13,15H,2-10H2,1H3,(H,16,19). The van der Waals surface area contributed by atoms with Gasteiger partial charge in [-0.05, 0) is 57.8 Å². The third kappa shape index (κ3) is 3.03. The summed E-state index contributed by atoms with van der Waals surface area (Å²) in [7, 11) is 2.17. The summed E-state index contributed by atoms with van der Waals surface area (Å²) in [5.41, 5.74) is 0. The highest BCUT2D eigenvalue weighted by Crippen LogP contribution is 2.23. The van der Waals surface area contributed by atoms with Crippen LogP contribution in [-0.4, -0.2) is 68.2 Å². The minimum absolute atomic E-state index is 0.158. The molecule has 3 aliphatic rings. The van der Waals surface area contributed by atoms with E-state index in [0.717, 1.165) is 32.7 Å². The van der Waals surface area contributed by atoms with Gasteiger partial charge in [0, 0.05) is 19.6 Å². The normalized spacial score (nSPS) is 36.8. The van der Waals surface area contributed by atoms with E-state index in [2.05, 4.69) is 22.6 Å². The Labute approximate surface area is 115 Å². The number of piperidine rings is 1. The average molecular weight is 266 g/mol. The van der Waals surface area contributed by atoms with E-state index in [1.165, 1.54) is 25.8 Å². The second kappa shape index (κ2) is 5.67. The Morgan fingerprint density at radius 3 is 2.89 bits per heavy atom. The Kier molecular flexibility index (Phi) is 3.93. The molecule has 3 aliphatic heterocycles. The van der Waals surface area contributed by atoms with E-state index < -0.39 is 0 Å².